The number of hydrogen-bond acceptors (Lipinski definition) is 4. The SMILES string of the molecule is CN(C)C1CCCN(Cc2cccnc2CN)C1. The number of pyridine rings is 1. The van der Waals surface area contributed by atoms with Crippen molar-refractivity contribution in [1.29, 1.82) is 0 Å². The number of nitrogens with two attached hydrogens (primary N) is 1. The highest BCUT2D eigenvalue weighted by Gasteiger charge is 2.21. The molecule has 0 amide bonds. The predicted molar refractivity (Wildman–Crippen MR) is 74.1 cm³/mol. The highest BCUT2D eigenvalue weighted by Crippen LogP contribution is 2.17. The number of likely N-dealkylation sites (tertiary alicyclic amines) is 1. The van der Waals surface area contributed by atoms with E-state index in [0.29, 0.717) is 12.6 Å². The van der Waals surface area contributed by atoms with E-state index in [1.807, 2.05) is 12.3 Å². The molecule has 1 aliphatic rings. The summed E-state index contributed by atoms with van der Waals surface area (Å²) >= 11 is 0. The van der Waals surface area contributed by atoms with Crippen molar-refractivity contribution in [3.8, 4) is 0 Å². The molecule has 2 rings (SSSR count). The van der Waals surface area contributed by atoms with Crippen LogP contribution in [0, 0.1) is 0 Å². The van der Waals surface area contributed by atoms with E-state index in [4.69, 9.17) is 5.73 Å². The third-order valence-electron chi connectivity index (χ3n) is 3.78. The molecule has 18 heavy (non-hydrogen) atoms. The zero-order valence-electron chi connectivity index (χ0n) is 11.5. The fourth-order valence-electron chi connectivity index (χ4n) is 2.64. The zero-order chi connectivity index (χ0) is 13.0. The Bertz CT molecular complexity index is 378. The van der Waals surface area contributed by atoms with Crippen molar-refractivity contribution in [3.63, 3.8) is 0 Å². The number of likely N-dealkylation sites (N-methyl/N-ethyl adjacent to an activating group) is 1. The lowest BCUT2D eigenvalue weighted by molar-refractivity contribution is 0.127. The number of hydrogen-bond donors (Lipinski definition) is 1. The van der Waals surface area contributed by atoms with Crippen molar-refractivity contribution in [2.24, 2.45) is 5.73 Å². The smallest absolute Gasteiger partial charge is 0.0584 e. The number of nitrogens with zero attached hydrogens (tertiary/aromatic N) is 3. The third-order valence-corrected chi connectivity index (χ3v) is 3.78. The summed E-state index contributed by atoms with van der Waals surface area (Å²) in [6.45, 7) is 3.83. The Kier molecular flexibility index (Phi) is 4.69. The highest BCUT2D eigenvalue weighted by atomic mass is 15.2. The Labute approximate surface area is 110 Å². The molecule has 1 aromatic heterocycles. The lowest BCUT2D eigenvalue weighted by atomic mass is 10.0. The molecule has 2 N–H and O–H groups in total. The van der Waals surface area contributed by atoms with E-state index in [1.54, 1.807) is 0 Å². The summed E-state index contributed by atoms with van der Waals surface area (Å²) in [4.78, 5) is 9.21. The fourth-order valence-corrected chi connectivity index (χ4v) is 2.64. The van der Waals surface area contributed by atoms with Crippen molar-refractivity contribution >= 4 is 0 Å². The van der Waals surface area contributed by atoms with Crippen LogP contribution in [0.2, 0.25) is 0 Å². The van der Waals surface area contributed by atoms with Gasteiger partial charge in [0.1, 0.15) is 0 Å². The van der Waals surface area contributed by atoms with Crippen LogP contribution in [0.1, 0.15) is 24.1 Å². The van der Waals surface area contributed by atoms with E-state index in [1.165, 1.54) is 24.9 Å². The van der Waals surface area contributed by atoms with Crippen LogP contribution in [-0.2, 0) is 13.1 Å². The van der Waals surface area contributed by atoms with Gasteiger partial charge < -0.3 is 10.6 Å². The molecule has 0 spiro atoms. The maximum Gasteiger partial charge on any atom is 0.0584 e. The summed E-state index contributed by atoms with van der Waals surface area (Å²) in [7, 11) is 4.34. The first-order valence-corrected chi connectivity index (χ1v) is 6.72. The van der Waals surface area contributed by atoms with Gasteiger partial charge in [0.15, 0.2) is 0 Å². The molecule has 1 saturated heterocycles. The molecular weight excluding hydrogens is 224 g/mol. The topological polar surface area (TPSA) is 45.4 Å². The average molecular weight is 248 g/mol. The fraction of sp³-hybridized carbons (Fsp3) is 0.643. The monoisotopic (exact) mass is 248 g/mol. The van der Waals surface area contributed by atoms with Gasteiger partial charge in [-0.1, -0.05) is 6.07 Å². The van der Waals surface area contributed by atoms with Crippen molar-refractivity contribution in [3.05, 3.63) is 29.6 Å². The van der Waals surface area contributed by atoms with Crippen LogP contribution in [-0.4, -0.2) is 48.0 Å². The molecule has 1 aliphatic heterocycles. The number of piperidine rings is 1. The summed E-state index contributed by atoms with van der Waals surface area (Å²) in [5, 5.41) is 0. The first-order chi connectivity index (χ1) is 8.70. The molecule has 1 fully saturated rings. The second kappa shape index (κ2) is 6.27. The summed E-state index contributed by atoms with van der Waals surface area (Å²) in [5.74, 6) is 0. The van der Waals surface area contributed by atoms with E-state index >= 15 is 0 Å². The van der Waals surface area contributed by atoms with Crippen molar-refractivity contribution in [2.45, 2.75) is 32.0 Å². The number of rotatable bonds is 4. The summed E-state index contributed by atoms with van der Waals surface area (Å²) in [5.41, 5.74) is 8.05. The first kappa shape index (κ1) is 13.5. The minimum Gasteiger partial charge on any atom is -0.325 e. The summed E-state index contributed by atoms with van der Waals surface area (Å²) in [6, 6.07) is 4.83. The van der Waals surface area contributed by atoms with E-state index in [0.717, 1.165) is 18.8 Å². The van der Waals surface area contributed by atoms with Gasteiger partial charge in [-0.05, 0) is 45.1 Å². The van der Waals surface area contributed by atoms with Gasteiger partial charge in [0, 0.05) is 31.9 Å². The Balaban J connectivity index is 2.00. The van der Waals surface area contributed by atoms with Crippen molar-refractivity contribution in [2.75, 3.05) is 27.2 Å². The van der Waals surface area contributed by atoms with Gasteiger partial charge in [-0.25, -0.2) is 0 Å². The molecule has 1 atom stereocenters. The largest absolute Gasteiger partial charge is 0.325 e. The second-order valence-corrected chi connectivity index (χ2v) is 5.31. The van der Waals surface area contributed by atoms with Gasteiger partial charge in [0.25, 0.3) is 0 Å². The zero-order valence-corrected chi connectivity index (χ0v) is 11.5. The van der Waals surface area contributed by atoms with Gasteiger partial charge in [-0.15, -0.1) is 0 Å². The molecule has 4 heteroatoms. The van der Waals surface area contributed by atoms with Gasteiger partial charge in [-0.2, -0.15) is 0 Å². The minimum absolute atomic E-state index is 0.529. The molecule has 0 bridgehead atoms. The normalized spacial score (nSPS) is 21.4. The molecule has 0 radical (unpaired) electrons. The minimum atomic E-state index is 0.529. The van der Waals surface area contributed by atoms with Crippen LogP contribution >= 0.6 is 0 Å². The quantitative estimate of drug-likeness (QED) is 0.865. The van der Waals surface area contributed by atoms with Crippen molar-refractivity contribution < 1.29 is 0 Å². The summed E-state index contributed by atoms with van der Waals surface area (Å²) < 4.78 is 0. The van der Waals surface area contributed by atoms with Crippen LogP contribution in [0.3, 0.4) is 0 Å². The maximum atomic E-state index is 5.74. The summed E-state index contributed by atoms with van der Waals surface area (Å²) in [6.07, 6.45) is 4.41. The molecule has 2 heterocycles. The van der Waals surface area contributed by atoms with E-state index in [-0.39, 0.29) is 0 Å². The van der Waals surface area contributed by atoms with Crippen LogP contribution in [0.5, 0.6) is 0 Å². The van der Waals surface area contributed by atoms with Crippen LogP contribution < -0.4 is 5.73 Å². The highest BCUT2D eigenvalue weighted by molar-refractivity contribution is 5.19. The molecule has 0 aliphatic carbocycles. The average Bonchev–Trinajstić information content (AvgIpc) is 2.39. The molecule has 0 saturated carbocycles. The molecule has 1 unspecified atom stereocenters. The van der Waals surface area contributed by atoms with E-state index < -0.39 is 0 Å². The maximum absolute atomic E-state index is 5.74. The van der Waals surface area contributed by atoms with Crippen LogP contribution in [0.25, 0.3) is 0 Å². The lowest BCUT2D eigenvalue weighted by Crippen LogP contribution is -2.44. The Morgan fingerprint density at radius 2 is 2.33 bits per heavy atom. The predicted octanol–water partition coefficient (Wildman–Crippen LogP) is 1.07. The molecule has 0 aromatic carbocycles. The molecule has 100 valence electrons. The van der Waals surface area contributed by atoms with Gasteiger partial charge in [0.05, 0.1) is 5.69 Å². The van der Waals surface area contributed by atoms with Crippen LogP contribution in [0.15, 0.2) is 18.3 Å². The second-order valence-electron chi connectivity index (χ2n) is 5.31. The van der Waals surface area contributed by atoms with E-state index in [9.17, 15) is 0 Å². The molecular formula is C14H24N4. The van der Waals surface area contributed by atoms with Gasteiger partial charge >= 0.3 is 0 Å². The number of aromatic nitrogens is 1. The third kappa shape index (κ3) is 3.28. The van der Waals surface area contributed by atoms with Crippen molar-refractivity contribution in [1.82, 2.24) is 14.8 Å². The Morgan fingerprint density at radius 1 is 1.50 bits per heavy atom. The Hall–Kier alpha value is -0.970. The lowest BCUT2D eigenvalue weighted by Gasteiger charge is -2.36. The van der Waals surface area contributed by atoms with Crippen LogP contribution in [0.4, 0.5) is 0 Å². The Morgan fingerprint density at radius 3 is 3.06 bits per heavy atom. The molecule has 4 nitrogen and oxygen atoms in total. The first-order valence-electron chi connectivity index (χ1n) is 6.72. The van der Waals surface area contributed by atoms with Gasteiger partial charge in [0.2, 0.25) is 0 Å². The molecule has 1 aromatic rings. The van der Waals surface area contributed by atoms with E-state index in [2.05, 4.69) is 34.9 Å². The standard InChI is InChI=1S/C14H24N4/c1-17(2)13-6-4-8-18(11-13)10-12-5-3-7-16-14(12)9-15/h3,5,7,13H,4,6,8-11,15H2,1-2H3. The van der Waals surface area contributed by atoms with Gasteiger partial charge in [-0.3, -0.25) is 9.88 Å².